The van der Waals surface area contributed by atoms with Crippen LogP contribution in [0.3, 0.4) is 0 Å². The van der Waals surface area contributed by atoms with E-state index in [0.29, 0.717) is 22.6 Å². The van der Waals surface area contributed by atoms with E-state index in [0.717, 1.165) is 5.56 Å². The minimum absolute atomic E-state index is 0.0932. The fourth-order valence-corrected chi connectivity index (χ4v) is 1.98. The number of amides is 1. The van der Waals surface area contributed by atoms with Crippen molar-refractivity contribution in [3.05, 3.63) is 53.1 Å². The second-order valence-electron chi connectivity index (χ2n) is 4.83. The first-order chi connectivity index (χ1) is 11.0. The number of aromatic hydroxyl groups is 1. The molecule has 0 aliphatic carbocycles. The molecular formula is C17H18N2O4. The van der Waals surface area contributed by atoms with E-state index in [9.17, 15) is 9.90 Å². The average molecular weight is 314 g/mol. The number of phenols is 1. The maximum Gasteiger partial charge on any atom is 0.275 e. The number of hydrogen-bond acceptors (Lipinski definition) is 5. The molecule has 6 nitrogen and oxygen atoms in total. The SMILES string of the molecule is COc1ccc(C(=O)NN=Cc2cc(C)ccc2O)c(OC)c1. The van der Waals surface area contributed by atoms with Crippen LogP contribution < -0.4 is 14.9 Å². The molecule has 0 saturated carbocycles. The van der Waals surface area contributed by atoms with Gasteiger partial charge in [0.15, 0.2) is 0 Å². The van der Waals surface area contributed by atoms with Crippen molar-refractivity contribution in [3.8, 4) is 17.2 Å². The number of carbonyl (C=O) groups excluding carboxylic acids is 1. The van der Waals surface area contributed by atoms with Gasteiger partial charge in [-0.2, -0.15) is 5.10 Å². The van der Waals surface area contributed by atoms with E-state index in [1.807, 2.05) is 6.92 Å². The average Bonchev–Trinajstić information content (AvgIpc) is 2.57. The molecule has 1 amide bonds. The standard InChI is InChI=1S/C17H18N2O4/c1-11-4-7-15(20)12(8-11)10-18-19-17(21)14-6-5-13(22-2)9-16(14)23-3/h4-10,20H,1-3H3,(H,19,21). The third kappa shape index (κ3) is 4.00. The number of nitrogens with one attached hydrogen (secondary N) is 1. The van der Waals surface area contributed by atoms with Crippen LogP contribution in [0.15, 0.2) is 41.5 Å². The molecule has 0 aliphatic heterocycles. The van der Waals surface area contributed by atoms with Gasteiger partial charge in [-0.3, -0.25) is 4.79 Å². The zero-order valence-corrected chi connectivity index (χ0v) is 13.2. The van der Waals surface area contributed by atoms with Gasteiger partial charge in [0.25, 0.3) is 5.91 Å². The number of ether oxygens (including phenoxy) is 2. The molecule has 0 atom stereocenters. The Balaban J connectivity index is 2.13. The van der Waals surface area contributed by atoms with E-state index in [-0.39, 0.29) is 5.75 Å². The Hall–Kier alpha value is -3.02. The Morgan fingerprint density at radius 1 is 1.17 bits per heavy atom. The normalized spacial score (nSPS) is 10.6. The van der Waals surface area contributed by atoms with Crippen LogP contribution in [0, 0.1) is 6.92 Å². The Bertz CT molecular complexity index is 741. The molecule has 0 aromatic heterocycles. The summed E-state index contributed by atoms with van der Waals surface area (Å²) in [6.07, 6.45) is 1.39. The van der Waals surface area contributed by atoms with Crippen LogP contribution >= 0.6 is 0 Å². The maximum absolute atomic E-state index is 12.2. The highest BCUT2D eigenvalue weighted by Crippen LogP contribution is 2.24. The number of hydrogen-bond donors (Lipinski definition) is 2. The van der Waals surface area contributed by atoms with Crippen molar-refractivity contribution in [2.24, 2.45) is 5.10 Å². The number of phenolic OH excluding ortho intramolecular Hbond substituents is 1. The van der Waals surface area contributed by atoms with Crippen molar-refractivity contribution >= 4 is 12.1 Å². The molecule has 2 aromatic carbocycles. The van der Waals surface area contributed by atoms with Crippen LogP contribution in [0.25, 0.3) is 0 Å². The van der Waals surface area contributed by atoms with Crippen LogP contribution in [0.2, 0.25) is 0 Å². The number of hydrazone groups is 1. The van der Waals surface area contributed by atoms with Gasteiger partial charge in [0.1, 0.15) is 17.2 Å². The lowest BCUT2D eigenvalue weighted by Crippen LogP contribution is -2.18. The summed E-state index contributed by atoms with van der Waals surface area (Å²) in [5.74, 6) is 0.644. The number of methoxy groups -OCH3 is 2. The summed E-state index contributed by atoms with van der Waals surface area (Å²) in [5, 5.41) is 13.6. The summed E-state index contributed by atoms with van der Waals surface area (Å²) in [6.45, 7) is 1.90. The lowest BCUT2D eigenvalue weighted by atomic mass is 10.1. The van der Waals surface area contributed by atoms with Crippen LogP contribution in [0.1, 0.15) is 21.5 Å². The molecule has 0 unspecified atom stereocenters. The third-order valence-electron chi connectivity index (χ3n) is 3.21. The third-order valence-corrected chi connectivity index (χ3v) is 3.21. The molecular weight excluding hydrogens is 296 g/mol. The summed E-state index contributed by atoms with van der Waals surface area (Å²) in [6, 6.07) is 9.99. The van der Waals surface area contributed by atoms with Gasteiger partial charge >= 0.3 is 0 Å². The molecule has 0 fully saturated rings. The van der Waals surface area contributed by atoms with Crippen LogP contribution in [-0.2, 0) is 0 Å². The largest absolute Gasteiger partial charge is 0.507 e. The Morgan fingerprint density at radius 3 is 2.65 bits per heavy atom. The van der Waals surface area contributed by atoms with Gasteiger partial charge in [-0.05, 0) is 31.2 Å². The molecule has 2 aromatic rings. The summed E-state index contributed by atoms with van der Waals surface area (Å²) >= 11 is 0. The Labute approximate surface area is 134 Å². The molecule has 120 valence electrons. The fourth-order valence-electron chi connectivity index (χ4n) is 1.98. The van der Waals surface area contributed by atoms with E-state index in [4.69, 9.17) is 9.47 Å². The van der Waals surface area contributed by atoms with E-state index in [1.165, 1.54) is 20.4 Å². The lowest BCUT2D eigenvalue weighted by Gasteiger charge is -2.09. The molecule has 2 rings (SSSR count). The van der Waals surface area contributed by atoms with Crippen LogP contribution in [0.4, 0.5) is 0 Å². The summed E-state index contributed by atoms with van der Waals surface area (Å²) in [5.41, 5.74) is 4.24. The van der Waals surface area contributed by atoms with Crippen molar-refractivity contribution in [3.63, 3.8) is 0 Å². The van der Waals surface area contributed by atoms with Gasteiger partial charge in [-0.1, -0.05) is 11.6 Å². The molecule has 23 heavy (non-hydrogen) atoms. The van der Waals surface area contributed by atoms with Gasteiger partial charge in [0.2, 0.25) is 0 Å². The number of carbonyl (C=O) groups is 1. The van der Waals surface area contributed by atoms with Crippen molar-refractivity contribution in [2.75, 3.05) is 14.2 Å². The monoisotopic (exact) mass is 314 g/mol. The van der Waals surface area contributed by atoms with Crippen LogP contribution in [-0.4, -0.2) is 31.4 Å². The number of aryl methyl sites for hydroxylation is 1. The summed E-state index contributed by atoms with van der Waals surface area (Å²) < 4.78 is 10.3. The minimum Gasteiger partial charge on any atom is -0.507 e. The molecule has 0 saturated heterocycles. The van der Waals surface area contributed by atoms with Crippen molar-refractivity contribution < 1.29 is 19.4 Å². The van der Waals surface area contributed by atoms with Gasteiger partial charge in [-0.25, -0.2) is 5.43 Å². The van der Waals surface area contributed by atoms with Gasteiger partial charge in [-0.15, -0.1) is 0 Å². The molecule has 0 aliphatic rings. The Kier molecular flexibility index (Phi) is 5.19. The second-order valence-corrected chi connectivity index (χ2v) is 4.83. The highest BCUT2D eigenvalue weighted by atomic mass is 16.5. The van der Waals surface area contributed by atoms with Gasteiger partial charge in [0.05, 0.1) is 26.0 Å². The zero-order valence-electron chi connectivity index (χ0n) is 13.2. The number of benzene rings is 2. The topological polar surface area (TPSA) is 80.2 Å². The number of nitrogens with zero attached hydrogens (tertiary/aromatic N) is 1. The fraction of sp³-hybridized carbons (Fsp3) is 0.176. The molecule has 0 radical (unpaired) electrons. The quantitative estimate of drug-likeness (QED) is 0.656. The van der Waals surface area contributed by atoms with Gasteiger partial charge in [0, 0.05) is 11.6 Å². The molecule has 0 bridgehead atoms. The van der Waals surface area contributed by atoms with Crippen LogP contribution in [0.5, 0.6) is 17.2 Å². The summed E-state index contributed by atoms with van der Waals surface area (Å²) in [4.78, 5) is 12.2. The van der Waals surface area contributed by atoms with E-state index >= 15 is 0 Å². The molecule has 2 N–H and O–H groups in total. The summed E-state index contributed by atoms with van der Waals surface area (Å²) in [7, 11) is 3.01. The predicted octanol–water partition coefficient (Wildman–Crippen LogP) is 2.48. The highest BCUT2D eigenvalue weighted by molar-refractivity contribution is 5.97. The van der Waals surface area contributed by atoms with E-state index < -0.39 is 5.91 Å². The van der Waals surface area contributed by atoms with Crippen molar-refractivity contribution in [2.45, 2.75) is 6.92 Å². The first-order valence-electron chi connectivity index (χ1n) is 6.90. The van der Waals surface area contributed by atoms with Crippen molar-refractivity contribution in [1.82, 2.24) is 5.43 Å². The second kappa shape index (κ2) is 7.31. The zero-order chi connectivity index (χ0) is 16.8. The first kappa shape index (κ1) is 16.4. The first-order valence-corrected chi connectivity index (χ1v) is 6.90. The smallest absolute Gasteiger partial charge is 0.275 e. The highest BCUT2D eigenvalue weighted by Gasteiger charge is 2.12. The lowest BCUT2D eigenvalue weighted by molar-refractivity contribution is 0.0952. The number of rotatable bonds is 5. The molecule has 0 heterocycles. The predicted molar refractivity (Wildman–Crippen MR) is 87.5 cm³/mol. The minimum atomic E-state index is -0.423. The van der Waals surface area contributed by atoms with E-state index in [2.05, 4.69) is 10.5 Å². The van der Waals surface area contributed by atoms with Crippen molar-refractivity contribution in [1.29, 1.82) is 0 Å². The maximum atomic E-state index is 12.2. The molecule has 0 spiro atoms. The van der Waals surface area contributed by atoms with E-state index in [1.54, 1.807) is 36.4 Å². The molecule has 6 heteroatoms. The van der Waals surface area contributed by atoms with Gasteiger partial charge < -0.3 is 14.6 Å². The Morgan fingerprint density at radius 2 is 1.96 bits per heavy atom.